The molecule has 1 aliphatic rings. The van der Waals surface area contributed by atoms with Crippen LogP contribution in [0.2, 0.25) is 5.02 Å². The molecule has 0 aliphatic carbocycles. The molecule has 1 unspecified atom stereocenters. The molecule has 0 spiro atoms. The van der Waals surface area contributed by atoms with Gasteiger partial charge < -0.3 is 15.0 Å². The number of ether oxygens (including phenoxy) is 1. The second-order valence-corrected chi connectivity index (χ2v) is 9.20. The van der Waals surface area contributed by atoms with E-state index in [9.17, 15) is 4.79 Å². The summed E-state index contributed by atoms with van der Waals surface area (Å²) in [6.45, 7) is 4.93. The molecule has 1 saturated heterocycles. The first-order chi connectivity index (χ1) is 15.1. The predicted octanol–water partition coefficient (Wildman–Crippen LogP) is 5.25. The average molecular weight is 461 g/mol. The highest BCUT2D eigenvalue weighted by atomic mass is 35.5. The molecule has 2 aromatic heterocycles. The van der Waals surface area contributed by atoms with Gasteiger partial charge in [-0.1, -0.05) is 37.1 Å². The van der Waals surface area contributed by atoms with Gasteiger partial charge in [0.2, 0.25) is 0 Å². The molecule has 0 radical (unpaired) electrons. The normalized spacial score (nSPS) is 16.1. The van der Waals surface area contributed by atoms with Crippen LogP contribution in [0.1, 0.15) is 38.3 Å². The highest BCUT2D eigenvalue weighted by Gasteiger charge is 2.23. The number of thiazole rings is 1. The van der Waals surface area contributed by atoms with Crippen LogP contribution >= 0.6 is 22.9 Å². The highest BCUT2D eigenvalue weighted by Crippen LogP contribution is 2.25. The Balaban J connectivity index is 1.45. The number of nitrogens with one attached hydrogen (secondary N) is 1. The lowest BCUT2D eigenvalue weighted by Crippen LogP contribution is -2.45. The predicted molar refractivity (Wildman–Crippen MR) is 126 cm³/mol. The molecule has 1 atom stereocenters. The molecule has 166 valence electrons. The van der Waals surface area contributed by atoms with Crippen LogP contribution in [0.15, 0.2) is 35.8 Å². The molecule has 1 aliphatic heterocycles. The van der Waals surface area contributed by atoms with Gasteiger partial charge in [0, 0.05) is 60.5 Å². The van der Waals surface area contributed by atoms with Crippen LogP contribution in [-0.2, 0) is 11.2 Å². The summed E-state index contributed by atoms with van der Waals surface area (Å²) in [5, 5.41) is 5.91. The van der Waals surface area contributed by atoms with Crippen LogP contribution in [0.25, 0.3) is 16.2 Å². The van der Waals surface area contributed by atoms with Gasteiger partial charge in [0.05, 0.1) is 11.8 Å². The van der Waals surface area contributed by atoms with Crippen molar-refractivity contribution in [3.63, 3.8) is 0 Å². The van der Waals surface area contributed by atoms with Crippen LogP contribution < -0.4 is 5.32 Å². The summed E-state index contributed by atoms with van der Waals surface area (Å²) < 4.78 is 7.92. The second-order valence-electron chi connectivity index (χ2n) is 7.93. The van der Waals surface area contributed by atoms with Crippen molar-refractivity contribution in [3.8, 4) is 11.3 Å². The van der Waals surface area contributed by atoms with Crippen LogP contribution in [-0.4, -0.2) is 52.7 Å². The van der Waals surface area contributed by atoms with E-state index >= 15 is 0 Å². The van der Waals surface area contributed by atoms with E-state index in [1.807, 2.05) is 29.2 Å². The number of halogens is 1. The average Bonchev–Trinajstić information content (AvgIpc) is 3.50. The number of fused-ring (bicyclic) bond motifs is 1. The highest BCUT2D eigenvalue weighted by molar-refractivity contribution is 7.15. The zero-order valence-electron chi connectivity index (χ0n) is 17.8. The topological polar surface area (TPSA) is 58.9 Å². The maximum absolute atomic E-state index is 12.8. The molecule has 3 heterocycles. The van der Waals surface area contributed by atoms with Crippen LogP contribution in [0, 0.1) is 0 Å². The van der Waals surface area contributed by atoms with E-state index in [1.54, 1.807) is 11.3 Å². The Hall–Kier alpha value is -2.09. The minimum Gasteiger partial charge on any atom is -0.376 e. The van der Waals surface area contributed by atoms with Crippen LogP contribution in [0.4, 0.5) is 4.79 Å². The summed E-state index contributed by atoms with van der Waals surface area (Å²) in [4.78, 5) is 20.4. The quantitative estimate of drug-likeness (QED) is 0.443. The van der Waals surface area contributed by atoms with Crippen molar-refractivity contribution < 1.29 is 9.53 Å². The number of amides is 2. The van der Waals surface area contributed by atoms with Gasteiger partial charge in [0.1, 0.15) is 0 Å². The number of hydrogen-bond acceptors (Lipinski definition) is 4. The lowest BCUT2D eigenvalue weighted by molar-refractivity contribution is 0.0815. The first kappa shape index (κ1) is 22.1. The molecule has 3 aromatic rings. The third kappa shape index (κ3) is 5.59. The minimum absolute atomic E-state index is 0.00269. The number of benzene rings is 1. The molecule has 31 heavy (non-hydrogen) atoms. The molecule has 4 rings (SSSR count). The van der Waals surface area contributed by atoms with Gasteiger partial charge in [0.25, 0.3) is 0 Å². The lowest BCUT2D eigenvalue weighted by Gasteiger charge is -2.25. The van der Waals surface area contributed by atoms with E-state index in [0.29, 0.717) is 24.7 Å². The first-order valence-corrected chi connectivity index (χ1v) is 12.3. The Morgan fingerprint density at radius 1 is 1.39 bits per heavy atom. The SMILES string of the molecule is CCCCNC(=O)N(CCc1csc2nc(-c3ccc(Cl)cc3)cn12)CC1CCCO1. The number of imidazole rings is 1. The Morgan fingerprint density at radius 3 is 2.97 bits per heavy atom. The van der Waals surface area contributed by atoms with E-state index in [4.69, 9.17) is 21.3 Å². The number of unbranched alkanes of at least 4 members (excludes halogenated alkanes) is 1. The molecule has 8 heteroatoms. The van der Waals surface area contributed by atoms with Crippen molar-refractivity contribution in [2.45, 2.75) is 45.1 Å². The van der Waals surface area contributed by atoms with Gasteiger partial charge in [-0.2, -0.15) is 0 Å². The standard InChI is InChI=1S/C23H29ClN4O2S/c1-2-3-11-25-22(29)27(14-20-5-4-13-30-20)12-10-19-16-31-23-26-21(15-28(19)23)17-6-8-18(24)9-7-17/h6-9,15-16,20H,2-5,10-14H2,1H3,(H,25,29). The van der Waals surface area contributed by atoms with Crippen molar-refractivity contribution in [1.82, 2.24) is 19.6 Å². The van der Waals surface area contributed by atoms with Crippen molar-refractivity contribution in [2.75, 3.05) is 26.2 Å². The minimum atomic E-state index is 0.00269. The Labute approximate surface area is 192 Å². The Morgan fingerprint density at radius 2 is 2.23 bits per heavy atom. The Kier molecular flexibility index (Phi) is 7.48. The van der Waals surface area contributed by atoms with Gasteiger partial charge >= 0.3 is 6.03 Å². The second kappa shape index (κ2) is 10.5. The number of aromatic nitrogens is 2. The van der Waals surface area contributed by atoms with E-state index in [1.165, 1.54) is 0 Å². The number of carbonyl (C=O) groups excluding carboxylic acids is 1. The smallest absolute Gasteiger partial charge is 0.317 e. The lowest BCUT2D eigenvalue weighted by atomic mass is 10.2. The van der Waals surface area contributed by atoms with E-state index in [-0.39, 0.29) is 12.1 Å². The number of urea groups is 1. The van der Waals surface area contributed by atoms with Crippen LogP contribution in [0.3, 0.4) is 0 Å². The van der Waals surface area contributed by atoms with Gasteiger partial charge in [0.15, 0.2) is 4.96 Å². The third-order valence-electron chi connectivity index (χ3n) is 5.60. The van der Waals surface area contributed by atoms with Gasteiger partial charge in [-0.25, -0.2) is 9.78 Å². The molecular weight excluding hydrogens is 432 g/mol. The fourth-order valence-corrected chi connectivity index (χ4v) is 4.85. The van der Waals surface area contributed by atoms with Crippen molar-refractivity contribution >= 4 is 33.9 Å². The van der Waals surface area contributed by atoms with Gasteiger partial charge in [-0.3, -0.25) is 4.40 Å². The number of hydrogen-bond donors (Lipinski definition) is 1. The summed E-state index contributed by atoms with van der Waals surface area (Å²) in [5.74, 6) is 0. The fraction of sp³-hybridized carbons (Fsp3) is 0.478. The van der Waals surface area contributed by atoms with E-state index < -0.39 is 0 Å². The number of carbonyl (C=O) groups is 1. The van der Waals surface area contributed by atoms with Crippen molar-refractivity contribution in [1.29, 1.82) is 0 Å². The summed E-state index contributed by atoms with van der Waals surface area (Å²) >= 11 is 7.63. The zero-order chi connectivity index (χ0) is 21.6. The van der Waals surface area contributed by atoms with Gasteiger partial charge in [-0.15, -0.1) is 11.3 Å². The molecule has 6 nitrogen and oxygen atoms in total. The number of rotatable bonds is 9. The van der Waals surface area contributed by atoms with Crippen molar-refractivity contribution in [2.24, 2.45) is 0 Å². The maximum atomic E-state index is 12.8. The largest absolute Gasteiger partial charge is 0.376 e. The number of nitrogens with zero attached hydrogens (tertiary/aromatic N) is 3. The van der Waals surface area contributed by atoms with Gasteiger partial charge in [-0.05, 0) is 31.4 Å². The Bertz CT molecular complexity index is 995. The molecule has 0 bridgehead atoms. The molecule has 1 fully saturated rings. The summed E-state index contributed by atoms with van der Waals surface area (Å²) in [7, 11) is 0. The molecule has 1 aromatic carbocycles. The first-order valence-electron chi connectivity index (χ1n) is 11.0. The monoisotopic (exact) mass is 460 g/mol. The third-order valence-corrected chi connectivity index (χ3v) is 6.74. The van der Waals surface area contributed by atoms with E-state index in [2.05, 4.69) is 28.2 Å². The summed E-state index contributed by atoms with van der Waals surface area (Å²) in [6.07, 6.45) is 7.13. The zero-order valence-corrected chi connectivity index (χ0v) is 19.4. The van der Waals surface area contributed by atoms with E-state index in [0.717, 1.165) is 60.6 Å². The molecule has 0 saturated carbocycles. The fourth-order valence-electron chi connectivity index (χ4n) is 3.81. The summed E-state index contributed by atoms with van der Waals surface area (Å²) in [5.41, 5.74) is 3.13. The van der Waals surface area contributed by atoms with Crippen LogP contribution in [0.5, 0.6) is 0 Å². The van der Waals surface area contributed by atoms with Crippen molar-refractivity contribution in [3.05, 3.63) is 46.6 Å². The molecular formula is C23H29ClN4O2S. The molecule has 1 N–H and O–H groups in total. The molecule has 2 amide bonds. The summed E-state index contributed by atoms with van der Waals surface area (Å²) in [6, 6.07) is 7.73. The maximum Gasteiger partial charge on any atom is 0.317 e.